The van der Waals surface area contributed by atoms with Crippen molar-refractivity contribution >= 4 is 11.9 Å². The summed E-state index contributed by atoms with van der Waals surface area (Å²) in [5.74, 6) is 1.21. The molecule has 0 aromatic carbocycles. The van der Waals surface area contributed by atoms with Gasteiger partial charge in [0.15, 0.2) is 0 Å². The van der Waals surface area contributed by atoms with E-state index in [1.807, 2.05) is 12.1 Å². The van der Waals surface area contributed by atoms with Crippen molar-refractivity contribution in [2.75, 3.05) is 24.5 Å². The van der Waals surface area contributed by atoms with Crippen LogP contribution in [0.2, 0.25) is 0 Å². The molecule has 1 aliphatic carbocycles. The Labute approximate surface area is 156 Å². The molecule has 1 amide bonds. The molecule has 142 valence electrons. The molecule has 26 heavy (non-hydrogen) atoms. The molecule has 5 nitrogen and oxygen atoms in total. The van der Waals surface area contributed by atoms with Crippen molar-refractivity contribution in [1.82, 2.24) is 9.88 Å². The average molecular weight is 357 g/mol. The normalized spacial score (nSPS) is 26.5. The van der Waals surface area contributed by atoms with Crippen LogP contribution in [0.25, 0.3) is 0 Å². The number of carbonyl (C=O) groups excluding carboxylic acids is 1. The summed E-state index contributed by atoms with van der Waals surface area (Å²) in [7, 11) is 0. The number of piperidine rings is 1. The Kier molecular flexibility index (Phi) is 4.91. The Bertz CT molecular complexity index is 654. The van der Waals surface area contributed by atoms with Gasteiger partial charge in [-0.25, -0.2) is 9.78 Å². The third kappa shape index (κ3) is 3.46. The van der Waals surface area contributed by atoms with Crippen LogP contribution in [0.3, 0.4) is 0 Å². The Morgan fingerprint density at radius 2 is 2.00 bits per heavy atom. The third-order valence-electron chi connectivity index (χ3n) is 6.37. The number of likely N-dealkylation sites (tertiary alicyclic amines) is 1. The summed E-state index contributed by atoms with van der Waals surface area (Å²) in [5.41, 5.74) is 0.844. The van der Waals surface area contributed by atoms with E-state index in [-0.39, 0.29) is 11.7 Å². The lowest BCUT2D eigenvalue weighted by Crippen LogP contribution is -2.39. The molecule has 1 saturated carbocycles. The maximum Gasteiger partial charge on any atom is 0.416 e. The molecule has 2 saturated heterocycles. The highest BCUT2D eigenvalue weighted by molar-refractivity contribution is 5.89. The smallest absolute Gasteiger partial charge is 0.416 e. The molecule has 1 aromatic rings. The summed E-state index contributed by atoms with van der Waals surface area (Å²) in [6.45, 7) is 7.41. The van der Waals surface area contributed by atoms with E-state index in [0.717, 1.165) is 43.7 Å². The number of aromatic nitrogens is 1. The number of nitrogens with zero attached hydrogens (tertiary/aromatic N) is 3. The van der Waals surface area contributed by atoms with E-state index in [9.17, 15) is 4.79 Å². The van der Waals surface area contributed by atoms with Gasteiger partial charge in [-0.1, -0.05) is 12.5 Å². The predicted octanol–water partition coefficient (Wildman–Crippen LogP) is 4.33. The lowest BCUT2D eigenvalue weighted by atomic mass is 9.85. The molecule has 5 heteroatoms. The number of rotatable bonds is 3. The minimum Gasteiger partial charge on any atom is -0.441 e. The van der Waals surface area contributed by atoms with E-state index < -0.39 is 0 Å². The minimum absolute atomic E-state index is 0.219. The second kappa shape index (κ2) is 7.18. The first-order chi connectivity index (χ1) is 12.6. The highest BCUT2D eigenvalue weighted by Gasteiger charge is 2.46. The summed E-state index contributed by atoms with van der Waals surface area (Å²) >= 11 is 0. The van der Waals surface area contributed by atoms with Crippen LogP contribution in [0, 0.1) is 0 Å². The predicted molar refractivity (Wildman–Crippen MR) is 103 cm³/mol. The molecule has 3 aliphatic rings. The van der Waals surface area contributed by atoms with Gasteiger partial charge in [0.2, 0.25) is 0 Å². The Hall–Kier alpha value is -1.62. The number of anilines is 1. The van der Waals surface area contributed by atoms with Gasteiger partial charge >= 0.3 is 6.09 Å². The van der Waals surface area contributed by atoms with Crippen molar-refractivity contribution in [1.29, 1.82) is 0 Å². The van der Waals surface area contributed by atoms with Crippen molar-refractivity contribution in [3.05, 3.63) is 23.9 Å². The second-order valence-electron chi connectivity index (χ2n) is 8.55. The summed E-state index contributed by atoms with van der Waals surface area (Å²) in [5, 5.41) is 0. The molecule has 1 aromatic heterocycles. The van der Waals surface area contributed by atoms with Gasteiger partial charge < -0.3 is 9.64 Å². The molecule has 1 atom stereocenters. The van der Waals surface area contributed by atoms with Crippen LogP contribution in [0.4, 0.5) is 10.6 Å². The number of carbonyl (C=O) groups is 1. The molecule has 0 unspecified atom stereocenters. The maximum atomic E-state index is 12.5. The monoisotopic (exact) mass is 357 g/mol. The van der Waals surface area contributed by atoms with Crippen LogP contribution >= 0.6 is 0 Å². The zero-order valence-corrected chi connectivity index (χ0v) is 16.1. The first kappa shape index (κ1) is 17.8. The molecular formula is C21H31N3O2. The largest absolute Gasteiger partial charge is 0.441 e. The molecule has 0 N–H and O–H groups in total. The summed E-state index contributed by atoms with van der Waals surface area (Å²) < 4.78 is 5.83. The SMILES string of the molecule is CC(C)N1CCC[C@H](c2cccc(N3CC4(CCCCC4)OC3=O)n2)C1. The van der Waals surface area contributed by atoms with E-state index >= 15 is 0 Å². The Balaban J connectivity index is 1.51. The van der Waals surface area contributed by atoms with Crippen molar-refractivity contribution in [3.63, 3.8) is 0 Å². The second-order valence-corrected chi connectivity index (χ2v) is 8.55. The molecular weight excluding hydrogens is 326 g/mol. The van der Waals surface area contributed by atoms with E-state index in [2.05, 4.69) is 24.8 Å². The lowest BCUT2D eigenvalue weighted by Gasteiger charge is -2.35. The first-order valence-corrected chi connectivity index (χ1v) is 10.3. The summed E-state index contributed by atoms with van der Waals surface area (Å²) in [6, 6.07) is 6.69. The molecule has 3 heterocycles. The molecule has 0 bridgehead atoms. The fourth-order valence-electron chi connectivity index (χ4n) is 4.79. The van der Waals surface area contributed by atoms with Gasteiger partial charge in [0.05, 0.1) is 6.54 Å². The average Bonchev–Trinajstić information content (AvgIpc) is 2.98. The molecule has 2 aliphatic heterocycles. The van der Waals surface area contributed by atoms with Gasteiger partial charge in [0.1, 0.15) is 11.4 Å². The van der Waals surface area contributed by atoms with Crippen molar-refractivity contribution in [2.24, 2.45) is 0 Å². The van der Waals surface area contributed by atoms with E-state index in [0.29, 0.717) is 18.5 Å². The van der Waals surface area contributed by atoms with Crippen LogP contribution in [0.1, 0.15) is 70.4 Å². The van der Waals surface area contributed by atoms with Crippen LogP contribution in [-0.2, 0) is 4.74 Å². The fraction of sp³-hybridized carbons (Fsp3) is 0.714. The molecule has 4 rings (SSSR count). The summed E-state index contributed by atoms with van der Waals surface area (Å²) in [6.07, 6.45) is 7.70. The van der Waals surface area contributed by atoms with Crippen LogP contribution in [-0.4, -0.2) is 47.3 Å². The van der Waals surface area contributed by atoms with Crippen LogP contribution in [0.15, 0.2) is 18.2 Å². The van der Waals surface area contributed by atoms with Gasteiger partial charge in [0, 0.05) is 24.2 Å². The quantitative estimate of drug-likeness (QED) is 0.808. The number of hydrogen-bond acceptors (Lipinski definition) is 4. The summed E-state index contributed by atoms with van der Waals surface area (Å²) in [4.78, 5) is 21.7. The fourth-order valence-corrected chi connectivity index (χ4v) is 4.79. The molecule has 1 spiro atoms. The number of ether oxygens (including phenoxy) is 1. The number of hydrogen-bond donors (Lipinski definition) is 0. The van der Waals surface area contributed by atoms with Crippen molar-refractivity contribution in [3.8, 4) is 0 Å². The highest BCUT2D eigenvalue weighted by Crippen LogP contribution is 2.38. The van der Waals surface area contributed by atoms with Gasteiger partial charge in [-0.05, 0) is 71.0 Å². The van der Waals surface area contributed by atoms with Gasteiger partial charge in [0.25, 0.3) is 0 Å². The molecule has 0 radical (unpaired) electrons. The first-order valence-electron chi connectivity index (χ1n) is 10.3. The lowest BCUT2D eigenvalue weighted by molar-refractivity contribution is 0.0260. The topological polar surface area (TPSA) is 45.7 Å². The minimum atomic E-state index is -0.272. The van der Waals surface area contributed by atoms with E-state index in [1.165, 1.54) is 25.8 Å². The maximum absolute atomic E-state index is 12.5. The highest BCUT2D eigenvalue weighted by atomic mass is 16.6. The van der Waals surface area contributed by atoms with Crippen LogP contribution in [0.5, 0.6) is 0 Å². The number of amides is 1. The van der Waals surface area contributed by atoms with E-state index in [4.69, 9.17) is 9.72 Å². The van der Waals surface area contributed by atoms with Gasteiger partial charge in [-0.3, -0.25) is 4.90 Å². The van der Waals surface area contributed by atoms with Crippen molar-refractivity contribution < 1.29 is 9.53 Å². The van der Waals surface area contributed by atoms with Gasteiger partial charge in [-0.2, -0.15) is 0 Å². The van der Waals surface area contributed by atoms with Crippen LogP contribution < -0.4 is 4.90 Å². The zero-order chi connectivity index (χ0) is 18.1. The van der Waals surface area contributed by atoms with E-state index in [1.54, 1.807) is 4.90 Å². The van der Waals surface area contributed by atoms with Crippen molar-refractivity contribution in [2.45, 2.75) is 76.4 Å². The zero-order valence-electron chi connectivity index (χ0n) is 16.1. The van der Waals surface area contributed by atoms with Gasteiger partial charge in [-0.15, -0.1) is 0 Å². The third-order valence-corrected chi connectivity index (χ3v) is 6.37. The number of pyridine rings is 1. The Morgan fingerprint density at radius 3 is 2.77 bits per heavy atom. The standard InChI is InChI=1S/C21H31N3O2/c1-16(2)23-13-7-8-17(14-23)18-9-6-10-19(22-18)24-15-21(26-20(24)25)11-4-3-5-12-21/h6,9-10,16-17H,3-5,7-8,11-15H2,1-2H3/t17-/m0/s1. The molecule has 3 fully saturated rings. The Morgan fingerprint density at radius 1 is 1.19 bits per heavy atom.